The fourth-order valence-electron chi connectivity index (χ4n) is 2.74. The van der Waals surface area contributed by atoms with Gasteiger partial charge in [0.05, 0.1) is 29.4 Å². The van der Waals surface area contributed by atoms with Crippen LogP contribution in [0.5, 0.6) is 0 Å². The lowest BCUT2D eigenvalue weighted by molar-refractivity contribution is 0.111. The molecule has 3 aromatic heterocycles. The van der Waals surface area contributed by atoms with Crippen molar-refractivity contribution >= 4 is 39.9 Å². The summed E-state index contributed by atoms with van der Waals surface area (Å²) in [5.74, 6) is 0. The third kappa shape index (κ3) is 3.98. The van der Waals surface area contributed by atoms with Crippen LogP contribution in [0.2, 0.25) is 0 Å². The molecule has 0 radical (unpaired) electrons. The van der Waals surface area contributed by atoms with Crippen molar-refractivity contribution in [1.29, 1.82) is 5.41 Å². The molecule has 0 atom stereocenters. The Bertz CT molecular complexity index is 1070. The molecule has 3 rings (SSSR count). The zero-order valence-electron chi connectivity index (χ0n) is 15.8. The summed E-state index contributed by atoms with van der Waals surface area (Å²) in [6.07, 6.45) is 7.40. The number of nitrogens with zero attached hydrogens (tertiary/aromatic N) is 7. The Morgan fingerprint density at radius 3 is 2.89 bits per heavy atom. The second-order valence-electron chi connectivity index (χ2n) is 6.18. The predicted octanol–water partition coefficient (Wildman–Crippen LogP) is 1.08. The maximum atomic E-state index is 11.6. The summed E-state index contributed by atoms with van der Waals surface area (Å²) in [6, 6.07) is 0. The van der Waals surface area contributed by atoms with Crippen molar-refractivity contribution in [2.45, 2.75) is 13.0 Å². The molecule has 0 saturated carbocycles. The first-order valence-corrected chi connectivity index (χ1v) is 9.23. The molecular weight excluding hydrogens is 378 g/mol. The van der Waals surface area contributed by atoms with Crippen LogP contribution < -0.4 is 5.73 Å². The van der Waals surface area contributed by atoms with Crippen LogP contribution in [-0.2, 0) is 27.1 Å². The maximum Gasteiger partial charge on any atom is 0.167 e. The van der Waals surface area contributed by atoms with Gasteiger partial charge in [0.1, 0.15) is 10.7 Å². The molecule has 11 heteroatoms. The van der Waals surface area contributed by atoms with E-state index in [1.165, 1.54) is 28.4 Å². The number of carbonyl (C=O) groups excluding carboxylic acids is 1. The molecule has 0 fully saturated rings. The van der Waals surface area contributed by atoms with Crippen molar-refractivity contribution in [3.8, 4) is 0 Å². The number of hydrogen-bond donors (Lipinski definition) is 2. The smallest absolute Gasteiger partial charge is 0.167 e. The zero-order chi connectivity index (χ0) is 20.3. The highest BCUT2D eigenvalue weighted by Gasteiger charge is 2.18. The molecule has 0 aliphatic carbocycles. The molecule has 0 aliphatic rings. The molecule has 3 aromatic rings. The number of hydrogen-bond acceptors (Lipinski definition) is 9. The number of fused-ring (bicyclic) bond motifs is 1. The number of aromatic nitrogens is 5. The molecule has 3 heterocycles. The molecule has 0 bridgehead atoms. The Hall–Kier alpha value is -3.34. The molecule has 0 spiro atoms. The monoisotopic (exact) mass is 399 g/mol. The topological polar surface area (TPSA) is 131 Å². The SMILES string of the molecule is CN(Cc1cnn(C)n1)/N=C\c1c(C=O)n(C)c2nc(CC(=N)/C=C\N)sc12. The molecule has 10 nitrogen and oxygen atoms in total. The van der Waals surface area contributed by atoms with Crippen LogP contribution in [0.25, 0.3) is 10.3 Å². The molecule has 0 aromatic carbocycles. The summed E-state index contributed by atoms with van der Waals surface area (Å²) in [6.45, 7) is 0.493. The summed E-state index contributed by atoms with van der Waals surface area (Å²) in [7, 11) is 5.38. The van der Waals surface area contributed by atoms with E-state index in [2.05, 4.69) is 20.3 Å². The van der Waals surface area contributed by atoms with E-state index < -0.39 is 0 Å². The van der Waals surface area contributed by atoms with Crippen LogP contribution in [0.1, 0.15) is 26.8 Å². The fraction of sp³-hybridized carbons (Fsp3) is 0.294. The van der Waals surface area contributed by atoms with Gasteiger partial charge in [-0.05, 0) is 12.3 Å². The van der Waals surface area contributed by atoms with Gasteiger partial charge in [0.2, 0.25) is 0 Å². The van der Waals surface area contributed by atoms with Gasteiger partial charge in [0.25, 0.3) is 0 Å². The summed E-state index contributed by atoms with van der Waals surface area (Å²) in [5.41, 5.74) is 8.42. The fourth-order valence-corrected chi connectivity index (χ4v) is 3.88. The Morgan fingerprint density at radius 1 is 1.46 bits per heavy atom. The minimum absolute atomic E-state index is 0.371. The third-order valence-electron chi connectivity index (χ3n) is 4.03. The molecule has 0 saturated heterocycles. The van der Waals surface area contributed by atoms with Crippen molar-refractivity contribution in [3.05, 3.63) is 40.4 Å². The Morgan fingerprint density at radius 2 is 2.25 bits per heavy atom. The number of carbonyl (C=O) groups is 1. The van der Waals surface area contributed by atoms with Gasteiger partial charge in [-0.1, -0.05) is 0 Å². The largest absolute Gasteiger partial charge is 0.405 e. The third-order valence-corrected chi connectivity index (χ3v) is 5.10. The zero-order valence-corrected chi connectivity index (χ0v) is 16.6. The van der Waals surface area contributed by atoms with E-state index in [4.69, 9.17) is 11.1 Å². The number of hydrazone groups is 1. The van der Waals surface area contributed by atoms with E-state index in [0.717, 1.165) is 21.7 Å². The van der Waals surface area contributed by atoms with Gasteiger partial charge in [0.15, 0.2) is 11.9 Å². The van der Waals surface area contributed by atoms with Crippen LogP contribution in [0.4, 0.5) is 0 Å². The lowest BCUT2D eigenvalue weighted by Crippen LogP contribution is -2.12. The van der Waals surface area contributed by atoms with Gasteiger partial charge in [-0.25, -0.2) is 4.98 Å². The summed E-state index contributed by atoms with van der Waals surface area (Å²) < 4.78 is 2.61. The van der Waals surface area contributed by atoms with E-state index in [0.29, 0.717) is 35.6 Å². The average molecular weight is 399 g/mol. The molecule has 3 N–H and O–H groups in total. The highest BCUT2D eigenvalue weighted by molar-refractivity contribution is 7.19. The van der Waals surface area contributed by atoms with Gasteiger partial charge >= 0.3 is 0 Å². The first kappa shape index (κ1) is 19.4. The van der Waals surface area contributed by atoms with Gasteiger partial charge < -0.3 is 15.7 Å². The van der Waals surface area contributed by atoms with Crippen LogP contribution in [-0.4, -0.2) is 54.8 Å². The molecule has 0 unspecified atom stereocenters. The highest BCUT2D eigenvalue weighted by Crippen LogP contribution is 2.29. The van der Waals surface area contributed by atoms with Gasteiger partial charge in [-0.15, -0.1) is 11.3 Å². The van der Waals surface area contributed by atoms with E-state index in [1.54, 1.807) is 36.1 Å². The van der Waals surface area contributed by atoms with E-state index in [1.807, 2.05) is 7.05 Å². The van der Waals surface area contributed by atoms with Gasteiger partial charge in [-0.3, -0.25) is 9.80 Å². The van der Waals surface area contributed by atoms with E-state index in [-0.39, 0.29) is 0 Å². The first-order valence-electron chi connectivity index (χ1n) is 8.42. The Balaban J connectivity index is 1.88. The molecule has 0 amide bonds. The van der Waals surface area contributed by atoms with Crippen LogP contribution >= 0.6 is 11.3 Å². The number of thiazole rings is 1. The Labute approximate surface area is 165 Å². The molecule has 0 aliphatic heterocycles. The first-order chi connectivity index (χ1) is 13.4. The van der Waals surface area contributed by atoms with Crippen molar-refractivity contribution in [1.82, 2.24) is 29.6 Å². The van der Waals surface area contributed by atoms with Crippen molar-refractivity contribution < 1.29 is 4.79 Å². The number of allylic oxidation sites excluding steroid dienone is 1. The predicted molar refractivity (Wildman–Crippen MR) is 109 cm³/mol. The Kier molecular flexibility index (Phi) is 5.64. The minimum atomic E-state index is 0.371. The van der Waals surface area contributed by atoms with Gasteiger partial charge in [0, 0.05) is 38.8 Å². The lowest BCUT2D eigenvalue weighted by atomic mass is 10.3. The molecule has 28 heavy (non-hydrogen) atoms. The number of aryl methyl sites for hydroxylation is 2. The molecule has 146 valence electrons. The summed E-state index contributed by atoms with van der Waals surface area (Å²) >= 11 is 1.45. The van der Waals surface area contributed by atoms with Gasteiger partial charge in [-0.2, -0.15) is 20.1 Å². The van der Waals surface area contributed by atoms with E-state index >= 15 is 0 Å². The standard InChI is InChI=1S/C17H21N9OS/c1-24(9-12-7-21-26(3)23-12)20-8-13-14(10-27)25(2)17-16(13)28-15(22-17)6-11(19)4-5-18/h4-5,7-8,10,19H,6,9,18H2,1-3H3/b5-4-,19-11?,20-8-. The quantitative estimate of drug-likeness (QED) is 0.331. The second kappa shape index (κ2) is 8.13. The highest BCUT2D eigenvalue weighted by atomic mass is 32.1. The van der Waals surface area contributed by atoms with Crippen LogP contribution in [0, 0.1) is 5.41 Å². The van der Waals surface area contributed by atoms with E-state index in [9.17, 15) is 4.79 Å². The second-order valence-corrected chi connectivity index (χ2v) is 7.27. The lowest BCUT2D eigenvalue weighted by Gasteiger charge is -2.09. The summed E-state index contributed by atoms with van der Waals surface area (Å²) in [5, 5.41) is 23.1. The normalized spacial score (nSPS) is 11.8. The number of rotatable bonds is 8. The van der Waals surface area contributed by atoms with Crippen molar-refractivity contribution in [3.63, 3.8) is 0 Å². The number of aldehydes is 1. The number of nitrogens with two attached hydrogens (primary N) is 1. The molecular formula is C17H21N9OS. The maximum absolute atomic E-state index is 11.6. The minimum Gasteiger partial charge on any atom is -0.405 e. The van der Waals surface area contributed by atoms with Crippen LogP contribution in [0.15, 0.2) is 23.6 Å². The number of nitrogens with one attached hydrogen (secondary N) is 1. The van der Waals surface area contributed by atoms with Crippen LogP contribution in [0.3, 0.4) is 0 Å². The average Bonchev–Trinajstić information content (AvgIpc) is 3.29. The van der Waals surface area contributed by atoms with Crippen molar-refractivity contribution in [2.75, 3.05) is 7.05 Å². The summed E-state index contributed by atoms with van der Waals surface area (Å²) in [4.78, 5) is 17.7. The van der Waals surface area contributed by atoms with Crippen molar-refractivity contribution in [2.24, 2.45) is 24.9 Å².